The number of nitrogens with one attached hydrogen (secondary N) is 1. The monoisotopic (exact) mass is 254 g/mol. The van der Waals surface area contributed by atoms with Crippen LogP contribution in [0.25, 0.3) is 0 Å². The number of ether oxygens (including phenoxy) is 1. The highest BCUT2D eigenvalue weighted by Crippen LogP contribution is 2.21. The Morgan fingerprint density at radius 1 is 1.11 bits per heavy atom. The summed E-state index contributed by atoms with van der Waals surface area (Å²) < 4.78 is 4.78. The van der Waals surface area contributed by atoms with Gasteiger partial charge >= 0.3 is 12.0 Å². The maximum atomic E-state index is 12.2. The Bertz CT molecular complexity index is 313. The van der Waals surface area contributed by atoms with E-state index in [4.69, 9.17) is 4.74 Å². The average molecular weight is 254 g/mol. The molecule has 1 N–H and O–H groups in total. The van der Waals surface area contributed by atoms with Crippen LogP contribution in [0.15, 0.2) is 0 Å². The van der Waals surface area contributed by atoms with Crippen molar-refractivity contribution >= 4 is 12.0 Å². The molecule has 2 amide bonds. The van der Waals surface area contributed by atoms with Crippen LogP contribution in [-0.2, 0) is 9.53 Å². The topological polar surface area (TPSA) is 58.6 Å². The lowest BCUT2D eigenvalue weighted by atomic mass is 10.0. The van der Waals surface area contributed by atoms with Gasteiger partial charge in [0.2, 0.25) is 0 Å². The first-order valence-electron chi connectivity index (χ1n) is 6.87. The number of likely N-dealkylation sites (tertiary alicyclic amines) is 1. The summed E-state index contributed by atoms with van der Waals surface area (Å²) >= 11 is 0. The van der Waals surface area contributed by atoms with Gasteiger partial charge in [0.1, 0.15) is 6.04 Å². The van der Waals surface area contributed by atoms with Gasteiger partial charge in [-0.05, 0) is 32.1 Å². The quantitative estimate of drug-likeness (QED) is 0.762. The van der Waals surface area contributed by atoms with Crippen molar-refractivity contribution < 1.29 is 14.3 Å². The summed E-state index contributed by atoms with van der Waals surface area (Å²) in [6.07, 6.45) is 7.14. The first-order valence-corrected chi connectivity index (χ1v) is 6.87. The van der Waals surface area contributed by atoms with E-state index in [1.54, 1.807) is 4.90 Å². The zero-order valence-electron chi connectivity index (χ0n) is 11.0. The minimum Gasteiger partial charge on any atom is -0.467 e. The summed E-state index contributed by atoms with van der Waals surface area (Å²) in [5, 5.41) is 3.04. The van der Waals surface area contributed by atoms with Gasteiger partial charge in [-0.3, -0.25) is 0 Å². The van der Waals surface area contributed by atoms with E-state index >= 15 is 0 Å². The molecule has 18 heavy (non-hydrogen) atoms. The van der Waals surface area contributed by atoms with E-state index in [-0.39, 0.29) is 18.0 Å². The van der Waals surface area contributed by atoms with Crippen molar-refractivity contribution in [1.82, 2.24) is 10.2 Å². The molecule has 2 fully saturated rings. The van der Waals surface area contributed by atoms with Gasteiger partial charge in [0.25, 0.3) is 0 Å². The number of amides is 2. The molecule has 1 saturated heterocycles. The van der Waals surface area contributed by atoms with Crippen LogP contribution in [0, 0.1) is 0 Å². The van der Waals surface area contributed by atoms with Gasteiger partial charge in [0.15, 0.2) is 0 Å². The highest BCUT2D eigenvalue weighted by Gasteiger charge is 2.33. The largest absolute Gasteiger partial charge is 0.467 e. The third kappa shape index (κ3) is 2.94. The molecular weight excluding hydrogens is 232 g/mol. The molecule has 0 radical (unpaired) electrons. The Morgan fingerprint density at radius 3 is 2.44 bits per heavy atom. The lowest BCUT2D eigenvalue weighted by Crippen LogP contribution is -2.53. The molecule has 2 aliphatic rings. The van der Waals surface area contributed by atoms with E-state index in [1.807, 2.05) is 0 Å². The fourth-order valence-corrected chi connectivity index (χ4v) is 2.88. The number of piperidine rings is 1. The molecule has 1 aliphatic heterocycles. The second-order valence-electron chi connectivity index (χ2n) is 5.16. The highest BCUT2D eigenvalue weighted by molar-refractivity contribution is 5.84. The second kappa shape index (κ2) is 6.07. The molecule has 0 aromatic heterocycles. The number of carbonyl (C=O) groups is 2. The van der Waals surface area contributed by atoms with Crippen LogP contribution in [0.4, 0.5) is 4.79 Å². The minimum atomic E-state index is -0.398. The molecule has 1 saturated carbocycles. The zero-order chi connectivity index (χ0) is 13.0. The number of carbonyl (C=O) groups excluding carboxylic acids is 2. The Morgan fingerprint density at radius 2 is 1.78 bits per heavy atom. The average Bonchev–Trinajstić information content (AvgIpc) is 2.90. The normalized spacial score (nSPS) is 24.9. The van der Waals surface area contributed by atoms with Crippen molar-refractivity contribution in [2.24, 2.45) is 0 Å². The molecule has 0 unspecified atom stereocenters. The van der Waals surface area contributed by atoms with Crippen molar-refractivity contribution in [3.05, 3.63) is 0 Å². The predicted molar refractivity (Wildman–Crippen MR) is 67.1 cm³/mol. The predicted octanol–water partition coefficient (Wildman–Crippen LogP) is 1.67. The van der Waals surface area contributed by atoms with Gasteiger partial charge in [-0.15, -0.1) is 0 Å². The van der Waals surface area contributed by atoms with Crippen LogP contribution in [0.1, 0.15) is 44.9 Å². The second-order valence-corrected chi connectivity index (χ2v) is 5.16. The SMILES string of the molecule is COC(=O)[C@H]1CCCCN1C(=O)NC1CCCC1. The maximum absolute atomic E-state index is 12.2. The van der Waals surface area contributed by atoms with Crippen molar-refractivity contribution in [1.29, 1.82) is 0 Å². The third-order valence-corrected chi connectivity index (χ3v) is 3.92. The lowest BCUT2D eigenvalue weighted by molar-refractivity contribution is -0.146. The molecule has 1 aliphatic carbocycles. The van der Waals surface area contributed by atoms with E-state index in [9.17, 15) is 9.59 Å². The fraction of sp³-hybridized carbons (Fsp3) is 0.846. The molecule has 2 rings (SSSR count). The Balaban J connectivity index is 1.94. The van der Waals surface area contributed by atoms with Crippen molar-refractivity contribution in [3.63, 3.8) is 0 Å². The summed E-state index contributed by atoms with van der Waals surface area (Å²) in [6.45, 7) is 0.651. The molecule has 0 bridgehead atoms. The van der Waals surface area contributed by atoms with Crippen LogP contribution < -0.4 is 5.32 Å². The Labute approximate surface area is 108 Å². The van der Waals surface area contributed by atoms with Crippen molar-refractivity contribution in [2.45, 2.75) is 57.0 Å². The smallest absolute Gasteiger partial charge is 0.328 e. The lowest BCUT2D eigenvalue weighted by Gasteiger charge is -2.34. The Kier molecular flexibility index (Phi) is 4.44. The van der Waals surface area contributed by atoms with E-state index < -0.39 is 6.04 Å². The van der Waals surface area contributed by atoms with Gasteiger partial charge in [0.05, 0.1) is 7.11 Å². The van der Waals surface area contributed by atoms with Gasteiger partial charge in [-0.25, -0.2) is 9.59 Å². The molecule has 0 aromatic carbocycles. The molecule has 1 heterocycles. The van der Waals surface area contributed by atoms with Gasteiger partial charge in [-0.2, -0.15) is 0 Å². The Hall–Kier alpha value is -1.26. The number of nitrogens with zero attached hydrogens (tertiary/aromatic N) is 1. The van der Waals surface area contributed by atoms with Gasteiger partial charge < -0.3 is 15.0 Å². The number of methoxy groups -OCH3 is 1. The number of esters is 1. The maximum Gasteiger partial charge on any atom is 0.328 e. The van der Waals surface area contributed by atoms with Crippen LogP contribution >= 0.6 is 0 Å². The number of hydrogen-bond donors (Lipinski definition) is 1. The van der Waals surface area contributed by atoms with E-state index in [2.05, 4.69) is 5.32 Å². The summed E-state index contributed by atoms with van der Waals surface area (Å²) in [4.78, 5) is 25.5. The van der Waals surface area contributed by atoms with Gasteiger partial charge in [-0.1, -0.05) is 12.8 Å². The fourth-order valence-electron chi connectivity index (χ4n) is 2.88. The molecule has 5 nitrogen and oxygen atoms in total. The van der Waals surface area contributed by atoms with Crippen LogP contribution in [-0.4, -0.2) is 42.6 Å². The first kappa shape index (κ1) is 13.2. The van der Waals surface area contributed by atoms with E-state index in [1.165, 1.54) is 20.0 Å². The standard InChI is InChI=1S/C13H22N2O3/c1-18-12(16)11-8-4-5-9-15(11)13(17)14-10-6-2-3-7-10/h10-11H,2-9H2,1H3,(H,14,17)/t11-/m1/s1. The molecule has 5 heteroatoms. The zero-order valence-corrected chi connectivity index (χ0v) is 11.0. The minimum absolute atomic E-state index is 0.1000. The summed E-state index contributed by atoms with van der Waals surface area (Å²) in [5.41, 5.74) is 0. The van der Waals surface area contributed by atoms with Crippen molar-refractivity contribution in [3.8, 4) is 0 Å². The van der Waals surface area contributed by atoms with E-state index in [0.29, 0.717) is 13.0 Å². The molecule has 0 spiro atoms. The molecule has 0 aromatic rings. The van der Waals surface area contributed by atoms with E-state index in [0.717, 1.165) is 25.7 Å². The molecule has 1 atom stereocenters. The number of rotatable bonds is 2. The van der Waals surface area contributed by atoms with Crippen molar-refractivity contribution in [2.75, 3.05) is 13.7 Å². The van der Waals surface area contributed by atoms with Crippen LogP contribution in [0.3, 0.4) is 0 Å². The van der Waals surface area contributed by atoms with Gasteiger partial charge in [0, 0.05) is 12.6 Å². The van der Waals surface area contributed by atoms with Crippen LogP contribution in [0.5, 0.6) is 0 Å². The summed E-state index contributed by atoms with van der Waals surface area (Å²) in [7, 11) is 1.38. The molecular formula is C13H22N2O3. The first-order chi connectivity index (χ1) is 8.72. The number of hydrogen-bond acceptors (Lipinski definition) is 3. The highest BCUT2D eigenvalue weighted by atomic mass is 16.5. The van der Waals surface area contributed by atoms with Crippen LogP contribution in [0.2, 0.25) is 0 Å². The summed E-state index contributed by atoms with van der Waals surface area (Å²) in [6, 6.07) is -0.208. The third-order valence-electron chi connectivity index (χ3n) is 3.92. The molecule has 102 valence electrons. The number of urea groups is 1. The summed E-state index contributed by atoms with van der Waals surface area (Å²) in [5.74, 6) is -0.295.